The third kappa shape index (κ3) is 4.88. The molecule has 0 radical (unpaired) electrons. The number of fused-ring (bicyclic) bond motifs is 1. The van der Waals surface area contributed by atoms with Gasteiger partial charge in [-0.25, -0.2) is 9.78 Å². The fourth-order valence-corrected chi connectivity index (χ4v) is 4.96. The average molecular weight is 501 g/mol. The zero-order chi connectivity index (χ0) is 25.8. The van der Waals surface area contributed by atoms with E-state index in [4.69, 9.17) is 20.0 Å². The molecule has 10 heteroatoms. The van der Waals surface area contributed by atoms with Gasteiger partial charge >= 0.3 is 0 Å². The molecule has 2 heterocycles. The van der Waals surface area contributed by atoms with E-state index in [1.54, 1.807) is 0 Å². The average Bonchev–Trinajstić information content (AvgIpc) is 2.93. The summed E-state index contributed by atoms with van der Waals surface area (Å²) in [5.41, 5.74) is 1.36. The Hall–Kier alpha value is -2.86. The number of benzene rings is 2. The first kappa shape index (κ1) is 26.2. The van der Waals surface area contributed by atoms with E-state index in [9.17, 15) is 19.8 Å². The fraction of sp³-hybridized carbons (Fsp3) is 0.462. The molecular weight excluding hydrogens is 468 g/mol. The topological polar surface area (TPSA) is 158 Å². The Bertz CT molecular complexity index is 960. The Kier molecular flexibility index (Phi) is 8.04. The summed E-state index contributed by atoms with van der Waals surface area (Å²) in [4.78, 5) is 37.2. The zero-order valence-corrected chi connectivity index (χ0v) is 19.9. The normalized spacial score (nSPS) is 23.3. The van der Waals surface area contributed by atoms with Crippen molar-refractivity contribution in [3.05, 3.63) is 70.8 Å². The summed E-state index contributed by atoms with van der Waals surface area (Å²) in [6.07, 6.45) is -1.32. The number of hydrogen-bond donors (Lipinski definition) is 6. The van der Waals surface area contributed by atoms with E-state index in [0.717, 1.165) is 22.3 Å². The molecule has 5 rings (SSSR count). The third-order valence-electron chi connectivity index (χ3n) is 6.82. The number of aliphatic hydroxyl groups is 4. The molecule has 0 spiro atoms. The van der Waals surface area contributed by atoms with E-state index in [2.05, 4.69) is 10.6 Å². The second kappa shape index (κ2) is 11.0. The van der Waals surface area contributed by atoms with Gasteiger partial charge in [-0.2, -0.15) is 0 Å². The number of aliphatic hydroxyl groups excluding tert-OH is 4. The maximum absolute atomic E-state index is 12.5. The van der Waals surface area contributed by atoms with Gasteiger partial charge in [0.15, 0.2) is 11.2 Å². The van der Waals surface area contributed by atoms with Gasteiger partial charge in [-0.15, -0.1) is 0 Å². The standard InChI is InChI=1S/C26H32N2O8/c29-15-17(31)13-27-23(33)9-11-25-19-5-1-2-6-20(19)26(36-35-25,22-8-4-3-7-21(22)25)12-10-24(34)28-14-18(32)16-30/h1-8,17-18,29-32H,9-16H2,(H,27,33)(H,28,34). The Labute approximate surface area is 208 Å². The van der Waals surface area contributed by atoms with Crippen LogP contribution < -0.4 is 10.6 Å². The van der Waals surface area contributed by atoms with Crippen LogP contribution in [0.3, 0.4) is 0 Å². The molecule has 36 heavy (non-hydrogen) atoms. The molecule has 2 aliphatic heterocycles. The summed E-state index contributed by atoms with van der Waals surface area (Å²) < 4.78 is 0. The number of amides is 2. The zero-order valence-electron chi connectivity index (χ0n) is 19.9. The van der Waals surface area contributed by atoms with Gasteiger partial charge in [0.2, 0.25) is 11.8 Å². The summed E-state index contributed by atoms with van der Waals surface area (Å²) in [6.45, 7) is -0.977. The van der Waals surface area contributed by atoms with E-state index in [0.29, 0.717) is 0 Å². The van der Waals surface area contributed by atoms with Crippen LogP contribution in [-0.4, -0.2) is 70.8 Å². The molecule has 2 amide bonds. The lowest BCUT2D eigenvalue weighted by molar-refractivity contribution is -0.431. The lowest BCUT2D eigenvalue weighted by Crippen LogP contribution is -2.53. The number of rotatable bonds is 12. The van der Waals surface area contributed by atoms with Gasteiger partial charge in [0.05, 0.1) is 25.4 Å². The van der Waals surface area contributed by atoms with E-state index in [1.807, 2.05) is 48.5 Å². The SMILES string of the molecule is O=C(CCC12OOC(CCC(=O)NCC(O)CO)(c3ccccc31)c1ccccc12)NCC(O)CO. The van der Waals surface area contributed by atoms with Crippen molar-refractivity contribution >= 4 is 11.8 Å². The second-order valence-corrected chi connectivity index (χ2v) is 9.19. The third-order valence-corrected chi connectivity index (χ3v) is 6.82. The van der Waals surface area contributed by atoms with E-state index < -0.39 is 36.6 Å². The maximum atomic E-state index is 12.5. The van der Waals surface area contributed by atoms with Crippen LogP contribution in [0, 0.1) is 0 Å². The molecule has 2 aromatic carbocycles. The summed E-state index contributed by atoms with van der Waals surface area (Å²) in [7, 11) is 0. The van der Waals surface area contributed by atoms with Crippen molar-refractivity contribution in [3.8, 4) is 0 Å². The monoisotopic (exact) mass is 500 g/mol. The maximum Gasteiger partial charge on any atom is 0.220 e. The van der Waals surface area contributed by atoms with Crippen LogP contribution in [0.2, 0.25) is 0 Å². The van der Waals surface area contributed by atoms with Gasteiger partial charge in [0.25, 0.3) is 0 Å². The Morgan fingerprint density at radius 2 is 1.03 bits per heavy atom. The highest BCUT2D eigenvalue weighted by Gasteiger charge is 2.58. The number of carbonyl (C=O) groups excluding carboxylic acids is 2. The van der Waals surface area contributed by atoms with Gasteiger partial charge < -0.3 is 31.1 Å². The number of hydrogen-bond acceptors (Lipinski definition) is 8. The molecule has 1 aliphatic carbocycles. The van der Waals surface area contributed by atoms with Crippen molar-refractivity contribution in [1.82, 2.24) is 10.6 Å². The summed E-state index contributed by atoms with van der Waals surface area (Å²) in [5.74, 6) is -0.584. The predicted octanol–water partition coefficient (Wildman–Crippen LogP) is -0.0518. The van der Waals surface area contributed by atoms with Crippen LogP contribution in [0.15, 0.2) is 48.5 Å². The molecule has 6 N–H and O–H groups in total. The predicted molar refractivity (Wildman–Crippen MR) is 127 cm³/mol. The lowest BCUT2D eigenvalue weighted by Gasteiger charge is -2.53. The van der Waals surface area contributed by atoms with Crippen molar-refractivity contribution in [1.29, 1.82) is 0 Å². The molecule has 194 valence electrons. The minimum atomic E-state index is -1.03. The highest BCUT2D eigenvalue weighted by Crippen LogP contribution is 2.59. The van der Waals surface area contributed by atoms with E-state index in [1.165, 1.54) is 0 Å². The minimum Gasteiger partial charge on any atom is -0.394 e. The Morgan fingerprint density at radius 3 is 1.33 bits per heavy atom. The first-order valence-corrected chi connectivity index (χ1v) is 12.0. The molecule has 0 fully saturated rings. The molecule has 2 unspecified atom stereocenters. The van der Waals surface area contributed by atoms with Crippen LogP contribution in [0.5, 0.6) is 0 Å². The Balaban J connectivity index is 1.60. The van der Waals surface area contributed by atoms with Crippen molar-refractivity contribution in [2.24, 2.45) is 0 Å². The van der Waals surface area contributed by atoms with Crippen molar-refractivity contribution < 1.29 is 39.8 Å². The van der Waals surface area contributed by atoms with Crippen LogP contribution >= 0.6 is 0 Å². The molecule has 0 saturated heterocycles. The quantitative estimate of drug-likeness (QED) is 0.221. The number of nitrogens with one attached hydrogen (secondary N) is 2. The largest absolute Gasteiger partial charge is 0.394 e. The van der Waals surface area contributed by atoms with Gasteiger partial charge in [-0.3, -0.25) is 9.59 Å². The lowest BCUT2D eigenvalue weighted by atomic mass is 9.64. The van der Waals surface area contributed by atoms with Crippen molar-refractivity contribution in [2.75, 3.05) is 26.3 Å². The Morgan fingerprint density at radius 1 is 0.694 bits per heavy atom. The molecule has 2 bridgehead atoms. The van der Waals surface area contributed by atoms with Crippen molar-refractivity contribution in [3.63, 3.8) is 0 Å². The van der Waals surface area contributed by atoms with Crippen LogP contribution in [0.4, 0.5) is 0 Å². The first-order valence-electron chi connectivity index (χ1n) is 12.0. The van der Waals surface area contributed by atoms with E-state index in [-0.39, 0.29) is 50.6 Å². The minimum absolute atomic E-state index is 0.0482. The molecule has 2 aromatic rings. The first-order chi connectivity index (χ1) is 17.4. The van der Waals surface area contributed by atoms with Crippen LogP contribution in [0.25, 0.3) is 0 Å². The number of carbonyl (C=O) groups is 2. The van der Waals surface area contributed by atoms with Crippen molar-refractivity contribution in [2.45, 2.75) is 49.1 Å². The molecule has 0 aromatic heterocycles. The van der Waals surface area contributed by atoms with Gasteiger partial charge in [-0.1, -0.05) is 48.5 Å². The fourth-order valence-electron chi connectivity index (χ4n) is 4.96. The van der Waals surface area contributed by atoms with Gasteiger partial charge in [0, 0.05) is 25.9 Å². The highest BCUT2D eigenvalue weighted by atomic mass is 17.2. The molecule has 3 aliphatic rings. The summed E-state index contributed by atoms with van der Waals surface area (Å²) in [6, 6.07) is 15.3. The van der Waals surface area contributed by atoms with Crippen LogP contribution in [-0.2, 0) is 30.6 Å². The highest BCUT2D eigenvalue weighted by molar-refractivity contribution is 5.77. The smallest absolute Gasteiger partial charge is 0.220 e. The van der Waals surface area contributed by atoms with E-state index >= 15 is 0 Å². The summed E-state index contributed by atoms with van der Waals surface area (Å²) >= 11 is 0. The second-order valence-electron chi connectivity index (χ2n) is 9.19. The molecule has 10 nitrogen and oxygen atoms in total. The van der Waals surface area contributed by atoms with Gasteiger partial charge in [-0.05, 0) is 35.1 Å². The molecule has 2 atom stereocenters. The van der Waals surface area contributed by atoms with Gasteiger partial charge in [0.1, 0.15) is 0 Å². The molecule has 0 saturated carbocycles. The van der Waals surface area contributed by atoms with Crippen LogP contribution in [0.1, 0.15) is 47.9 Å². The molecular formula is C26H32N2O8. The summed E-state index contributed by atoms with van der Waals surface area (Å²) in [5, 5.41) is 42.2.